The van der Waals surface area contributed by atoms with E-state index in [0.717, 1.165) is 64.4 Å². The number of nitriles is 2. The van der Waals surface area contributed by atoms with Crippen LogP contribution >= 0.6 is 15.9 Å². The lowest BCUT2D eigenvalue weighted by molar-refractivity contribution is 0.119. The molecule has 4 aromatic rings. The van der Waals surface area contributed by atoms with Gasteiger partial charge in [-0.1, -0.05) is 35.8 Å². The zero-order chi connectivity index (χ0) is 29.4. The van der Waals surface area contributed by atoms with Gasteiger partial charge in [0.1, 0.15) is 12.1 Å². The van der Waals surface area contributed by atoms with Crippen molar-refractivity contribution in [1.29, 1.82) is 10.5 Å². The number of aliphatic hydroxyl groups excluding tert-OH is 2. The molecule has 4 heterocycles. The minimum Gasteiger partial charge on any atom is -0.392 e. The smallest absolute Gasteiger partial charge is 0.101 e. The van der Waals surface area contributed by atoms with Gasteiger partial charge < -0.3 is 20.4 Å². The summed E-state index contributed by atoms with van der Waals surface area (Å²) in [4.78, 5) is 10.7. The molecule has 8 nitrogen and oxygen atoms in total. The molecule has 0 amide bonds. The molecule has 2 aliphatic heterocycles. The highest BCUT2D eigenvalue weighted by Gasteiger charge is 2.24. The van der Waals surface area contributed by atoms with Crippen LogP contribution in [0.4, 0.5) is 5.69 Å². The number of benzene rings is 2. The molecule has 0 radical (unpaired) electrons. The Kier molecular flexibility index (Phi) is 10.6. The molecule has 0 saturated carbocycles. The van der Waals surface area contributed by atoms with Crippen LogP contribution in [0.2, 0.25) is 0 Å². The van der Waals surface area contributed by atoms with E-state index in [0.29, 0.717) is 29.5 Å². The summed E-state index contributed by atoms with van der Waals surface area (Å²) in [5.41, 5.74) is 3.74. The zero-order valence-electron chi connectivity index (χ0n) is 23.3. The third-order valence-corrected chi connectivity index (χ3v) is 7.92. The van der Waals surface area contributed by atoms with Gasteiger partial charge in [0, 0.05) is 53.0 Å². The number of hydrogen-bond acceptors (Lipinski definition) is 8. The van der Waals surface area contributed by atoms with E-state index in [1.165, 1.54) is 0 Å². The van der Waals surface area contributed by atoms with E-state index in [4.69, 9.17) is 10.4 Å². The highest BCUT2D eigenvalue weighted by atomic mass is 79.9. The Hall–Kier alpha value is -3.60. The predicted molar refractivity (Wildman–Crippen MR) is 165 cm³/mol. The summed E-state index contributed by atoms with van der Waals surface area (Å²) < 4.78 is 0.967. The van der Waals surface area contributed by atoms with Crippen LogP contribution in [0.25, 0.3) is 21.8 Å². The Morgan fingerprint density at radius 2 is 1.41 bits per heavy atom. The van der Waals surface area contributed by atoms with Crippen molar-refractivity contribution in [2.45, 2.75) is 38.9 Å². The summed E-state index contributed by atoms with van der Waals surface area (Å²) in [5, 5.41) is 42.1. The molecule has 0 spiro atoms. The van der Waals surface area contributed by atoms with Crippen LogP contribution in [0, 0.1) is 34.5 Å². The fourth-order valence-electron chi connectivity index (χ4n) is 5.39. The first kappa shape index (κ1) is 30.4. The molecular weight excluding hydrogens is 580 g/mol. The quantitative estimate of drug-likeness (QED) is 0.268. The largest absolute Gasteiger partial charge is 0.392 e. The van der Waals surface area contributed by atoms with Gasteiger partial charge in [-0.2, -0.15) is 10.5 Å². The molecule has 0 bridgehead atoms. The van der Waals surface area contributed by atoms with E-state index in [9.17, 15) is 10.4 Å². The number of hydrogen-bond donors (Lipinski definition) is 3. The highest BCUT2D eigenvalue weighted by molar-refractivity contribution is 9.10. The lowest BCUT2D eigenvalue weighted by Gasteiger charge is -2.36. The number of aliphatic hydroxyl groups is 2. The first-order valence-corrected chi connectivity index (χ1v) is 14.6. The van der Waals surface area contributed by atoms with Crippen molar-refractivity contribution in [1.82, 2.24) is 15.3 Å². The fraction of sp³-hybridized carbons (Fsp3) is 0.375. The molecule has 2 aromatic heterocycles. The highest BCUT2D eigenvalue weighted by Crippen LogP contribution is 2.31. The van der Waals surface area contributed by atoms with Crippen LogP contribution in [0.3, 0.4) is 0 Å². The SMILES string of the molecule is CC1CC(O)CN(c2ccc(C#N)c3ncccc23)C1.CC1CNCC(O)C1.N#Cc1ccc(Br)c2cccnc12. The van der Waals surface area contributed by atoms with E-state index >= 15 is 0 Å². The van der Waals surface area contributed by atoms with Crippen LogP contribution < -0.4 is 10.2 Å². The Bertz CT molecular complexity index is 1550. The second-order valence-corrected chi connectivity index (χ2v) is 11.7. The van der Waals surface area contributed by atoms with Crippen LogP contribution in [0.1, 0.15) is 37.8 Å². The van der Waals surface area contributed by atoms with Gasteiger partial charge in [0.2, 0.25) is 0 Å². The zero-order valence-corrected chi connectivity index (χ0v) is 24.9. The molecule has 6 rings (SSSR count). The van der Waals surface area contributed by atoms with Crippen molar-refractivity contribution in [3.63, 3.8) is 0 Å². The maximum atomic E-state index is 9.97. The van der Waals surface area contributed by atoms with E-state index < -0.39 is 0 Å². The van der Waals surface area contributed by atoms with Gasteiger partial charge >= 0.3 is 0 Å². The van der Waals surface area contributed by atoms with E-state index in [-0.39, 0.29) is 12.2 Å². The molecule has 4 atom stereocenters. The van der Waals surface area contributed by atoms with Crippen molar-refractivity contribution in [2.75, 3.05) is 31.1 Å². The third kappa shape index (κ3) is 7.78. The number of nitrogens with one attached hydrogen (secondary N) is 1. The number of aromatic nitrogens is 2. The summed E-state index contributed by atoms with van der Waals surface area (Å²) in [6, 6.07) is 19.4. The minimum atomic E-state index is -0.291. The average molecular weight is 616 g/mol. The maximum Gasteiger partial charge on any atom is 0.101 e. The lowest BCUT2D eigenvalue weighted by atomic mass is 9.96. The van der Waals surface area contributed by atoms with Gasteiger partial charge in [-0.25, -0.2) is 0 Å². The van der Waals surface area contributed by atoms with Crippen molar-refractivity contribution in [3.8, 4) is 12.1 Å². The standard InChI is InChI=1S/C16H17N3O.C10H5BrN2.C6H13NO/c1-11-7-13(20)10-19(9-11)15-5-4-12(8-17)16-14(15)3-2-6-18-16;11-9-4-3-7(6-12)10-8(9)2-1-5-13-10;1-5-2-6(8)4-7-3-5/h2-6,11,13,20H,7,9-10H2,1H3;1-5H;5-8H,2-4H2,1H3. The van der Waals surface area contributed by atoms with E-state index in [1.807, 2.05) is 42.5 Å². The average Bonchev–Trinajstić information content (AvgIpc) is 2.97. The van der Waals surface area contributed by atoms with Crippen molar-refractivity contribution in [3.05, 3.63) is 76.5 Å². The van der Waals surface area contributed by atoms with E-state index in [1.54, 1.807) is 18.5 Å². The Balaban J connectivity index is 0.000000158. The van der Waals surface area contributed by atoms with Crippen molar-refractivity contribution >= 4 is 43.4 Å². The molecule has 2 aromatic carbocycles. The topological polar surface area (TPSA) is 129 Å². The van der Waals surface area contributed by atoms with Gasteiger partial charge in [-0.3, -0.25) is 9.97 Å². The van der Waals surface area contributed by atoms with E-state index in [2.05, 4.69) is 62.1 Å². The maximum absolute atomic E-state index is 9.97. The lowest BCUT2D eigenvalue weighted by Crippen LogP contribution is -2.42. The molecule has 4 unspecified atom stereocenters. The summed E-state index contributed by atoms with van der Waals surface area (Å²) in [7, 11) is 0. The van der Waals surface area contributed by atoms with Gasteiger partial charge in [-0.15, -0.1) is 0 Å². The molecule has 2 aliphatic rings. The molecule has 3 N–H and O–H groups in total. The minimum absolute atomic E-state index is 0.0984. The first-order valence-electron chi connectivity index (χ1n) is 13.8. The molecule has 2 saturated heterocycles. The Morgan fingerprint density at radius 3 is 2.00 bits per heavy atom. The number of rotatable bonds is 1. The molecule has 9 heteroatoms. The second kappa shape index (κ2) is 14.3. The summed E-state index contributed by atoms with van der Waals surface area (Å²) in [5.74, 6) is 1.11. The van der Waals surface area contributed by atoms with Crippen LogP contribution in [-0.4, -0.2) is 58.6 Å². The number of piperidine rings is 2. The van der Waals surface area contributed by atoms with Crippen LogP contribution in [0.5, 0.6) is 0 Å². The van der Waals surface area contributed by atoms with Gasteiger partial charge in [0.25, 0.3) is 0 Å². The first-order chi connectivity index (χ1) is 19.8. The normalized spacial score (nSPS) is 22.0. The number of halogens is 1. The molecule has 41 heavy (non-hydrogen) atoms. The van der Waals surface area contributed by atoms with Gasteiger partial charge in [-0.05, 0) is 73.7 Å². The monoisotopic (exact) mass is 614 g/mol. The van der Waals surface area contributed by atoms with Crippen molar-refractivity contribution in [2.24, 2.45) is 11.8 Å². The number of pyridine rings is 2. The van der Waals surface area contributed by atoms with Crippen molar-refractivity contribution < 1.29 is 10.2 Å². The van der Waals surface area contributed by atoms with Gasteiger partial charge in [0.15, 0.2) is 0 Å². The molecular formula is C32H35BrN6O2. The Morgan fingerprint density at radius 1 is 0.805 bits per heavy atom. The van der Waals surface area contributed by atoms with Crippen LogP contribution in [0.15, 0.2) is 65.4 Å². The number of anilines is 1. The molecule has 2 fully saturated rings. The Labute approximate surface area is 249 Å². The second-order valence-electron chi connectivity index (χ2n) is 10.8. The third-order valence-electron chi connectivity index (χ3n) is 7.23. The van der Waals surface area contributed by atoms with Crippen LogP contribution in [-0.2, 0) is 0 Å². The number of β-amino-alcohol motifs (C(OH)–C–C–N with tert-alkyl or cyclic N) is 2. The predicted octanol–water partition coefficient (Wildman–Crippen LogP) is 5.16. The van der Waals surface area contributed by atoms with Gasteiger partial charge in [0.05, 0.1) is 34.4 Å². The summed E-state index contributed by atoms with van der Waals surface area (Å²) in [6.45, 7) is 7.71. The summed E-state index contributed by atoms with van der Waals surface area (Å²) in [6.07, 6.45) is 4.83. The number of nitrogens with zero attached hydrogens (tertiary/aromatic N) is 5. The molecule has 0 aliphatic carbocycles. The summed E-state index contributed by atoms with van der Waals surface area (Å²) >= 11 is 3.41. The number of fused-ring (bicyclic) bond motifs is 2. The fourth-order valence-corrected chi connectivity index (χ4v) is 5.85. The molecule has 212 valence electrons.